The molecule has 8 aliphatic rings. The molecule has 686 valence electrons. The highest BCUT2D eigenvalue weighted by atomic mass is 16.6. The number of Topliss-reactive ketones (excluding diaryl/α,β-unsaturated/α-hetero) is 4. The highest BCUT2D eigenvalue weighted by Crippen LogP contribution is 2.52. The number of ether oxygens (including phenoxy) is 8. The molecule has 8 saturated carbocycles. The lowest BCUT2D eigenvalue weighted by Crippen LogP contribution is -2.53. The van der Waals surface area contributed by atoms with Gasteiger partial charge in [-0.05, 0) is 226 Å². The summed E-state index contributed by atoms with van der Waals surface area (Å²) in [6.07, 6.45) is 29.2. The summed E-state index contributed by atoms with van der Waals surface area (Å²) in [4.78, 5) is 193. The summed E-state index contributed by atoms with van der Waals surface area (Å²) in [7, 11) is 0. The van der Waals surface area contributed by atoms with Gasteiger partial charge in [-0.2, -0.15) is 0 Å². The molecule has 0 atom stereocenters. The van der Waals surface area contributed by atoms with Gasteiger partial charge in [0.15, 0.2) is 23.1 Å². The maximum Gasteiger partial charge on any atom is 0.314 e. The van der Waals surface area contributed by atoms with E-state index in [0.29, 0.717) is 147 Å². The largest absolute Gasteiger partial charge is 0.425 e. The minimum Gasteiger partial charge on any atom is -0.425 e. The third kappa shape index (κ3) is 18.5. The Bertz CT molecular complexity index is 5630. The summed E-state index contributed by atoms with van der Waals surface area (Å²) in [6.45, 7) is 10.4. The predicted octanol–water partition coefficient (Wildman–Crippen LogP) is 25.0. The molecule has 131 heavy (non-hydrogen) atoms. The minimum absolute atomic E-state index is 0.00204. The van der Waals surface area contributed by atoms with Crippen molar-refractivity contribution in [2.24, 2.45) is 52.8 Å². The first-order valence-electron chi connectivity index (χ1n) is 49.1. The second-order valence-electron chi connectivity index (χ2n) is 39.1. The molecule has 20 heteroatoms. The van der Waals surface area contributed by atoms with Gasteiger partial charge in [-0.3, -0.25) is 57.5 Å². The van der Waals surface area contributed by atoms with Crippen LogP contribution in [0.5, 0.6) is 46.0 Å². The minimum atomic E-state index is -3.73. The van der Waals surface area contributed by atoms with Gasteiger partial charge in [-0.1, -0.05) is 203 Å². The number of benzene rings is 9. The monoisotopic (exact) mass is 1770 g/mol. The summed E-state index contributed by atoms with van der Waals surface area (Å²) in [6, 6.07) is 23.8. The Morgan fingerprint density at radius 2 is 0.336 bits per heavy atom. The Morgan fingerprint density at radius 1 is 0.191 bits per heavy atom. The lowest BCUT2D eigenvalue weighted by atomic mass is 9.65. The molecule has 8 aliphatic carbocycles. The molecule has 0 N–H and O–H groups in total. The number of esters is 8. The van der Waals surface area contributed by atoms with E-state index in [9.17, 15) is 33.6 Å². The van der Waals surface area contributed by atoms with Gasteiger partial charge >= 0.3 is 47.8 Å². The van der Waals surface area contributed by atoms with Gasteiger partial charge in [0, 0.05) is 76.1 Å². The molecular weight excluding hydrogens is 1650 g/mol. The number of carbonyl (C=O) groups excluding carboxylic acids is 12. The highest BCUT2D eigenvalue weighted by molar-refractivity contribution is 6.49. The molecule has 9 aromatic carbocycles. The van der Waals surface area contributed by atoms with Crippen LogP contribution in [0.15, 0.2) is 97.1 Å². The molecular formula is C111H122O20. The summed E-state index contributed by atoms with van der Waals surface area (Å²) < 4.78 is 53.0. The molecule has 0 radical (unpaired) electrons. The number of carbonyl (C=O) groups is 12. The number of rotatable bonds is 24. The van der Waals surface area contributed by atoms with Crippen molar-refractivity contribution in [2.45, 2.75) is 298 Å². The maximum absolute atomic E-state index is 18.5. The molecule has 0 aromatic heterocycles. The maximum atomic E-state index is 18.5. The fraction of sp³-hybridized carbons (Fsp3) is 0.495. The fourth-order valence-electron chi connectivity index (χ4n) is 22.4. The molecule has 17 rings (SSSR count). The average molecular weight is 1780 g/mol. The van der Waals surface area contributed by atoms with Gasteiger partial charge in [0.2, 0.25) is 5.41 Å². The fourth-order valence-corrected chi connectivity index (χ4v) is 22.4. The summed E-state index contributed by atoms with van der Waals surface area (Å²) in [5, 5.41) is 1.78. The van der Waals surface area contributed by atoms with Crippen LogP contribution in [-0.4, -0.2) is 70.9 Å². The van der Waals surface area contributed by atoms with Crippen molar-refractivity contribution >= 4 is 125 Å². The van der Waals surface area contributed by atoms with Crippen LogP contribution in [0.25, 0.3) is 53.9 Å². The molecule has 0 amide bonds. The first kappa shape index (κ1) is 91.6. The van der Waals surface area contributed by atoms with Crippen molar-refractivity contribution < 1.29 is 95.4 Å². The van der Waals surface area contributed by atoms with E-state index in [0.717, 1.165) is 154 Å². The Morgan fingerprint density at radius 3 is 0.527 bits per heavy atom. The van der Waals surface area contributed by atoms with Gasteiger partial charge in [0.05, 0.1) is 47.3 Å². The van der Waals surface area contributed by atoms with Crippen LogP contribution in [0, 0.1) is 94.3 Å². The van der Waals surface area contributed by atoms with E-state index >= 15 is 24.0 Å². The molecule has 20 nitrogen and oxygen atoms in total. The SMILES string of the molecule is Cc1c(C)c(OC(=O)C2CCCCC2)c2cc(C(=O)C(C(=O)c3ccc4c(OC(=O)C5CCCCC5)c(C)c(C)c(OC(=O)C5CCCCC5)c4c3)(C(=O)c3ccc4c(OC(=O)C5CCCCC5)c(C)c(C)c(OC(=O)C5CCCCC5)c4c3)C(=O)c3ccc4c(OC(=O)C5CCCCC5)c5ccccc5c(OC(=O)C5CCCCC5)c4c3)ccc2c1OC(=O)C1CCCCC1. The Balaban J connectivity index is 0.959. The first-order chi connectivity index (χ1) is 63.5. The van der Waals surface area contributed by atoms with Crippen molar-refractivity contribution in [1.29, 1.82) is 0 Å². The molecule has 9 aromatic rings. The molecule has 8 fully saturated rings. The first-order valence-corrected chi connectivity index (χ1v) is 49.1. The highest BCUT2D eigenvalue weighted by Gasteiger charge is 2.60. The van der Waals surface area contributed by atoms with E-state index in [1.165, 1.54) is 72.8 Å². The zero-order valence-corrected chi connectivity index (χ0v) is 76.8. The molecule has 0 unspecified atom stereocenters. The quantitative estimate of drug-likeness (QED) is 0.0179. The van der Waals surface area contributed by atoms with Crippen molar-refractivity contribution in [3.63, 3.8) is 0 Å². The lowest BCUT2D eigenvalue weighted by molar-refractivity contribution is -0.141. The van der Waals surface area contributed by atoms with Crippen LogP contribution < -0.4 is 37.9 Å². The Kier molecular flexibility index (Phi) is 28.0. The second-order valence-corrected chi connectivity index (χ2v) is 39.1. The smallest absolute Gasteiger partial charge is 0.314 e. The third-order valence-electron chi connectivity index (χ3n) is 30.7. The van der Waals surface area contributed by atoms with Crippen LogP contribution in [0.4, 0.5) is 0 Å². The van der Waals surface area contributed by atoms with E-state index in [1.54, 1.807) is 65.8 Å². The van der Waals surface area contributed by atoms with E-state index in [-0.39, 0.29) is 89.1 Å². The lowest BCUT2D eigenvalue weighted by Gasteiger charge is -2.30. The van der Waals surface area contributed by atoms with E-state index in [1.807, 2.05) is 0 Å². The second kappa shape index (κ2) is 40.0. The van der Waals surface area contributed by atoms with Crippen molar-refractivity contribution in [3.05, 3.63) is 153 Å². The molecule has 0 aliphatic heterocycles. The van der Waals surface area contributed by atoms with Crippen LogP contribution in [0.1, 0.15) is 332 Å². The van der Waals surface area contributed by atoms with Crippen LogP contribution in [-0.2, 0) is 38.4 Å². The normalized spacial score (nSPS) is 18.3. The Labute approximate surface area is 765 Å². The van der Waals surface area contributed by atoms with Gasteiger partial charge in [0.1, 0.15) is 46.0 Å². The van der Waals surface area contributed by atoms with Crippen molar-refractivity contribution in [3.8, 4) is 46.0 Å². The molecule has 0 bridgehead atoms. The average Bonchev–Trinajstić information content (AvgIpc) is 0.723. The third-order valence-corrected chi connectivity index (χ3v) is 30.7. The van der Waals surface area contributed by atoms with E-state index in [2.05, 4.69) is 0 Å². The number of hydrogen-bond donors (Lipinski definition) is 0. The van der Waals surface area contributed by atoms with Crippen LogP contribution in [0.3, 0.4) is 0 Å². The Hall–Kier alpha value is -11.3. The van der Waals surface area contributed by atoms with E-state index in [4.69, 9.17) is 37.9 Å². The standard InChI is InChI=1S/C111H122O20/c1-63-66(4)94(127-106(119)72-39-21-10-22-40-72)87-59-77(51-55-83(87)91(63)124-103(116)69-33-15-7-16-34-69)99(112)111(100(113)78-52-56-84-88(60-78)95(128-107(120)73-41-23-11-24-42-73)67(5)64(2)92(84)125-104(117)70-35-17-8-18-36-70,101(114)79-53-57-85-89(61-79)96(129-108(121)74-43-25-12-26-44-74)68(6)65(3)93(85)126-105(118)71-37-19-9-20-38-71)102(115)80-54-58-86-90(62-80)98(131-110(123)76-47-29-14-30-48-76)82-50-32-31-49-81(82)97(86)130-109(122)75-45-27-13-28-46-75/h31-32,49-62,69-76H,7-30,33-48H2,1-6H3. The summed E-state index contributed by atoms with van der Waals surface area (Å²) >= 11 is 0. The van der Waals surface area contributed by atoms with Crippen LogP contribution >= 0.6 is 0 Å². The van der Waals surface area contributed by atoms with Gasteiger partial charge in [0.25, 0.3) is 0 Å². The summed E-state index contributed by atoms with van der Waals surface area (Å²) in [5.74, 6) is -13.2. The number of hydrogen-bond acceptors (Lipinski definition) is 20. The topological polar surface area (TPSA) is 279 Å². The zero-order valence-electron chi connectivity index (χ0n) is 76.8. The van der Waals surface area contributed by atoms with Gasteiger partial charge in [-0.15, -0.1) is 0 Å². The summed E-state index contributed by atoms with van der Waals surface area (Å²) in [5.41, 5.74) is -3.04. The van der Waals surface area contributed by atoms with E-state index < -0.39 is 146 Å². The zero-order chi connectivity index (χ0) is 91.5. The van der Waals surface area contributed by atoms with Gasteiger partial charge in [-0.25, -0.2) is 0 Å². The van der Waals surface area contributed by atoms with Crippen LogP contribution in [0.2, 0.25) is 0 Å². The molecule has 0 heterocycles. The van der Waals surface area contributed by atoms with Crippen molar-refractivity contribution in [2.75, 3.05) is 0 Å². The number of fused-ring (bicyclic) bond motifs is 5. The number of ketones is 4. The van der Waals surface area contributed by atoms with Gasteiger partial charge < -0.3 is 37.9 Å². The predicted molar refractivity (Wildman–Crippen MR) is 499 cm³/mol. The van der Waals surface area contributed by atoms with Crippen molar-refractivity contribution in [1.82, 2.24) is 0 Å². The molecule has 0 saturated heterocycles. The molecule has 0 spiro atoms.